The van der Waals surface area contributed by atoms with Gasteiger partial charge in [-0.25, -0.2) is 4.79 Å². The van der Waals surface area contributed by atoms with E-state index in [0.29, 0.717) is 10.9 Å². The molecule has 1 amide bonds. The number of halogens is 2. The van der Waals surface area contributed by atoms with E-state index in [1.54, 1.807) is 37.8 Å². The van der Waals surface area contributed by atoms with Gasteiger partial charge in [0.2, 0.25) is 0 Å². The average Bonchev–Trinajstić information content (AvgIpc) is 2.96. The summed E-state index contributed by atoms with van der Waals surface area (Å²) in [6.45, 7) is 6.03. The van der Waals surface area contributed by atoms with Crippen LogP contribution in [0.3, 0.4) is 0 Å². The number of ether oxygens (including phenoxy) is 1. The Morgan fingerprint density at radius 1 is 1.14 bits per heavy atom. The molecule has 1 atom stereocenters. The van der Waals surface area contributed by atoms with Gasteiger partial charge in [0.15, 0.2) is 0 Å². The Morgan fingerprint density at radius 2 is 1.91 bits per heavy atom. The molecule has 3 aromatic carbocycles. The van der Waals surface area contributed by atoms with E-state index in [2.05, 4.69) is 25.4 Å². The summed E-state index contributed by atoms with van der Waals surface area (Å²) in [4.78, 5) is 24.0. The van der Waals surface area contributed by atoms with Crippen molar-refractivity contribution in [1.29, 1.82) is 5.26 Å². The van der Waals surface area contributed by atoms with Crippen molar-refractivity contribution in [3.63, 3.8) is 0 Å². The van der Waals surface area contributed by atoms with E-state index in [1.165, 1.54) is 4.90 Å². The standard InChI is InChI=1S/C31H26F2N5O2.PS.Tl/c1-5-19-8-6-9-20-10-7-11-22(25(19)20)23-12-13-24-27(26(23)32)35-29(33)36-28(24)37-16-17-38(21(18-37)14-15-34)30(39)40-31(2,3)4;1-2;/h6-13,21H,14,16-18H2,2-4H3;;/q;-1;+2/t21-;;/m0../s1. The predicted molar refractivity (Wildman–Crippen MR) is 168 cm³/mol. The molecule has 12 heteroatoms. The molecule has 1 aliphatic heterocycles. The maximum atomic E-state index is 16.3. The van der Waals surface area contributed by atoms with Gasteiger partial charge in [-0.1, -0.05) is 0 Å². The molecule has 0 saturated carbocycles. The third kappa shape index (κ3) is 6.82. The molecule has 0 spiro atoms. The molecule has 1 saturated heterocycles. The molecular formula is C31H26F2N5O2PSTl+. The summed E-state index contributed by atoms with van der Waals surface area (Å²) in [6.07, 6.45) is -1.54. The van der Waals surface area contributed by atoms with Crippen LogP contribution in [0.25, 0.3) is 32.8 Å². The number of nitriles is 1. The first-order chi connectivity index (χ1) is 20.6. The number of carbonyl (C=O) groups is 1. The van der Waals surface area contributed by atoms with Crippen molar-refractivity contribution in [3.8, 4) is 26.6 Å². The van der Waals surface area contributed by atoms with Gasteiger partial charge in [-0.3, -0.25) is 0 Å². The van der Waals surface area contributed by atoms with Gasteiger partial charge in [-0.2, -0.15) is 5.26 Å². The first-order valence-corrected chi connectivity index (χ1v) is 23.8. The minimum Gasteiger partial charge on any atom is -0.198 e. The molecule has 0 bridgehead atoms. The van der Waals surface area contributed by atoms with Crippen LogP contribution >= 0.6 is 4.00 Å². The Kier molecular flexibility index (Phi) is 9.60. The van der Waals surface area contributed by atoms with E-state index < -0.39 is 52.7 Å². The molecule has 1 aliphatic rings. The molecule has 2 heterocycles. The monoisotopic (exact) mass is 806 g/mol. The van der Waals surface area contributed by atoms with Gasteiger partial charge < -0.3 is 9.64 Å². The predicted octanol–water partition coefficient (Wildman–Crippen LogP) is 6.40. The van der Waals surface area contributed by atoms with E-state index in [1.807, 2.05) is 36.4 Å². The van der Waals surface area contributed by atoms with Crippen molar-refractivity contribution in [2.24, 2.45) is 0 Å². The fraction of sp³-hybridized carbons (Fsp3) is 0.290. The van der Waals surface area contributed by atoms with Gasteiger partial charge in [-0.15, -0.1) is 0 Å². The van der Waals surface area contributed by atoms with Crippen molar-refractivity contribution in [2.45, 2.75) is 38.8 Å². The number of piperazine rings is 1. The third-order valence-electron chi connectivity index (χ3n) is 7.02. The average molecular weight is 806 g/mol. The van der Waals surface area contributed by atoms with Crippen LogP contribution in [0.15, 0.2) is 48.5 Å². The van der Waals surface area contributed by atoms with Crippen molar-refractivity contribution in [2.75, 3.05) is 24.5 Å². The Labute approximate surface area is 265 Å². The molecule has 0 unspecified atom stereocenters. The number of rotatable bonds is 3. The fourth-order valence-electron chi connectivity index (χ4n) is 5.26. The molecule has 1 fully saturated rings. The number of amides is 1. The molecule has 7 nitrogen and oxygen atoms in total. The summed E-state index contributed by atoms with van der Waals surface area (Å²) in [7, 11) is 0. The van der Waals surface area contributed by atoms with Gasteiger partial charge in [-0.05, 0) is 20.8 Å². The van der Waals surface area contributed by atoms with Crippen molar-refractivity contribution in [1.82, 2.24) is 14.9 Å². The van der Waals surface area contributed by atoms with E-state index >= 15 is 4.39 Å². The van der Waals surface area contributed by atoms with Gasteiger partial charge in [0.25, 0.3) is 0 Å². The van der Waals surface area contributed by atoms with Gasteiger partial charge in [0.05, 0.1) is 18.5 Å². The second kappa shape index (κ2) is 13.2. The van der Waals surface area contributed by atoms with Crippen LogP contribution in [0.1, 0.15) is 32.8 Å². The number of benzene rings is 3. The Balaban J connectivity index is 1.58. The molecule has 0 radical (unpaired) electrons. The van der Waals surface area contributed by atoms with Crippen LogP contribution in [0, 0.1) is 32.6 Å². The van der Waals surface area contributed by atoms with Crippen molar-refractivity contribution >= 4 is 72.5 Å². The van der Waals surface area contributed by atoms with Crippen LogP contribution in [-0.4, -0.2) is 75.3 Å². The number of hydrogen-bond donors (Lipinski definition) is 0. The van der Waals surface area contributed by atoms with Crippen molar-refractivity contribution < 1.29 is 18.3 Å². The second-order valence-electron chi connectivity index (χ2n) is 11.0. The summed E-state index contributed by atoms with van der Waals surface area (Å²) < 4.78 is 41.0. The first-order valence-electron chi connectivity index (χ1n) is 13.6. The van der Waals surface area contributed by atoms with Crippen LogP contribution in [-0.2, 0) is 16.5 Å². The molecule has 214 valence electrons. The SMILES string of the molecule is CC(C)(C)OC(=O)N1CCN(c2nc(F)nc3c(F)c(-c4cccc5cccc(C#[C][Tl]=[P+]=S)c45)ccc23)C[C@@H]1CC#N. The molecule has 0 N–H and O–H groups in total. The summed E-state index contributed by atoms with van der Waals surface area (Å²) in [5.41, 5.74) is 0.862. The van der Waals surface area contributed by atoms with Crippen LogP contribution in [0.5, 0.6) is 0 Å². The number of hydrogen-bond acceptors (Lipinski definition) is 7. The van der Waals surface area contributed by atoms with Crippen molar-refractivity contribution in [3.05, 3.63) is 66.0 Å². The van der Waals surface area contributed by atoms with E-state index in [9.17, 15) is 14.4 Å². The fourth-order valence-corrected chi connectivity index (χ4v) is 8.74. The number of anilines is 1. The summed E-state index contributed by atoms with van der Waals surface area (Å²) in [5.74, 6) is 2.79. The van der Waals surface area contributed by atoms with Crippen LogP contribution in [0.2, 0.25) is 0 Å². The Bertz CT molecular complexity index is 1910. The van der Waals surface area contributed by atoms with E-state index in [-0.39, 0.29) is 43.0 Å². The maximum absolute atomic E-state index is 16.3. The minimum atomic E-state index is -1.32. The van der Waals surface area contributed by atoms with Gasteiger partial charge in [0, 0.05) is 6.54 Å². The molecular weight excluding hydrogens is 780 g/mol. The molecule has 43 heavy (non-hydrogen) atoms. The van der Waals surface area contributed by atoms with E-state index in [0.717, 1.165) is 20.3 Å². The summed E-state index contributed by atoms with van der Waals surface area (Å²) >= 11 is 3.76. The topological polar surface area (TPSA) is 82.3 Å². The number of fused-ring (bicyclic) bond motifs is 2. The normalized spacial score (nSPS) is 14.9. The Morgan fingerprint density at radius 3 is 2.63 bits per heavy atom. The van der Waals surface area contributed by atoms with Gasteiger partial charge in [0.1, 0.15) is 5.60 Å². The minimum absolute atomic E-state index is 0.0434. The number of carbonyl (C=O) groups excluding carboxylic acids is 1. The molecule has 4 aromatic rings. The molecule has 0 aliphatic carbocycles. The zero-order valence-electron chi connectivity index (χ0n) is 23.8. The van der Waals surface area contributed by atoms with Crippen LogP contribution < -0.4 is 4.90 Å². The van der Waals surface area contributed by atoms with Crippen LogP contribution in [0.4, 0.5) is 19.4 Å². The number of aromatic nitrogens is 2. The summed E-state index contributed by atoms with van der Waals surface area (Å²) in [5, 5.41) is 11.5. The molecule has 1 aromatic heterocycles. The smallest absolute Gasteiger partial charge is 0.198 e. The number of nitrogens with zero attached hydrogens (tertiary/aromatic N) is 5. The quantitative estimate of drug-likeness (QED) is 0.103. The van der Waals surface area contributed by atoms with E-state index in [4.69, 9.17) is 16.5 Å². The first kappa shape index (κ1) is 31.2. The third-order valence-corrected chi connectivity index (χ3v) is 13.3. The molecule has 5 rings (SSSR count). The zero-order valence-corrected chi connectivity index (χ0v) is 30.0. The second-order valence-corrected chi connectivity index (χ2v) is 23.6. The van der Waals surface area contributed by atoms with Gasteiger partial charge >= 0.3 is 196 Å². The Hall–Kier alpha value is -3.19. The zero-order chi connectivity index (χ0) is 30.7. The summed E-state index contributed by atoms with van der Waals surface area (Å²) in [6, 6.07) is 16.4.